The highest BCUT2D eigenvalue weighted by Gasteiger charge is 2.23. The van der Waals surface area contributed by atoms with E-state index in [-0.39, 0.29) is 0 Å². The first kappa shape index (κ1) is 18.9. The number of para-hydroxylation sites is 1. The Morgan fingerprint density at radius 2 is 1.60 bits per heavy atom. The monoisotopic (exact) mass is 418 g/mol. The number of aryl methyl sites for hydroxylation is 1. The Kier molecular flexibility index (Phi) is 4.63. The molecule has 2 aliphatic rings. The molecule has 2 aliphatic heterocycles. The summed E-state index contributed by atoms with van der Waals surface area (Å²) in [4.78, 5) is 0.301. The van der Waals surface area contributed by atoms with Gasteiger partial charge in [0.25, 0.3) is 0 Å². The van der Waals surface area contributed by atoms with Crippen LogP contribution in [0.15, 0.2) is 71.6 Å². The van der Waals surface area contributed by atoms with Gasteiger partial charge in [-0.15, -0.1) is 0 Å². The van der Waals surface area contributed by atoms with Gasteiger partial charge in [0, 0.05) is 23.8 Å². The van der Waals surface area contributed by atoms with Crippen molar-refractivity contribution in [1.29, 1.82) is 0 Å². The largest absolute Gasteiger partial charge is 0.493 e. The van der Waals surface area contributed by atoms with E-state index in [1.54, 1.807) is 12.1 Å². The zero-order chi connectivity index (χ0) is 20.7. The van der Waals surface area contributed by atoms with Gasteiger partial charge >= 0.3 is 0 Å². The summed E-state index contributed by atoms with van der Waals surface area (Å²) in [7, 11) is -3.25. The second kappa shape index (κ2) is 7.33. The van der Waals surface area contributed by atoms with Gasteiger partial charge in [0.15, 0.2) is 9.84 Å². The molecule has 0 amide bonds. The van der Waals surface area contributed by atoms with E-state index in [2.05, 4.69) is 18.2 Å². The average molecular weight is 419 g/mol. The topological polar surface area (TPSA) is 52.6 Å². The lowest BCUT2D eigenvalue weighted by atomic mass is 9.90. The van der Waals surface area contributed by atoms with Crippen molar-refractivity contribution in [3.63, 3.8) is 0 Å². The molecule has 5 heteroatoms. The summed E-state index contributed by atoms with van der Waals surface area (Å²) in [6, 6.07) is 21.3. The fourth-order valence-electron chi connectivity index (χ4n) is 4.06. The molecule has 0 N–H and O–H groups in total. The van der Waals surface area contributed by atoms with E-state index in [0.29, 0.717) is 4.90 Å². The number of rotatable bonds is 3. The SMILES string of the molecule is CS(=O)(=O)c1ccc(C2=C(c3ccc4c(c3)CCCO4)Cc3ccccc3O2)cc1. The van der Waals surface area contributed by atoms with Gasteiger partial charge in [0.05, 0.1) is 11.5 Å². The molecule has 0 aliphatic carbocycles. The smallest absolute Gasteiger partial charge is 0.175 e. The summed E-state index contributed by atoms with van der Waals surface area (Å²) in [5.41, 5.74) is 5.42. The number of allylic oxidation sites excluding steroid dienone is 1. The molecule has 5 rings (SSSR count). The van der Waals surface area contributed by atoms with Crippen molar-refractivity contribution in [2.45, 2.75) is 24.2 Å². The summed E-state index contributed by atoms with van der Waals surface area (Å²) in [6.07, 6.45) is 4.00. The normalized spacial score (nSPS) is 15.6. The van der Waals surface area contributed by atoms with Gasteiger partial charge in [0.1, 0.15) is 17.3 Å². The first-order chi connectivity index (χ1) is 14.5. The van der Waals surface area contributed by atoms with Crippen LogP contribution in [0.25, 0.3) is 11.3 Å². The van der Waals surface area contributed by atoms with Crippen LogP contribution < -0.4 is 9.47 Å². The summed E-state index contributed by atoms with van der Waals surface area (Å²) in [5.74, 6) is 2.57. The van der Waals surface area contributed by atoms with Crippen LogP contribution in [-0.2, 0) is 22.7 Å². The van der Waals surface area contributed by atoms with Crippen LogP contribution in [0.1, 0.15) is 28.7 Å². The standard InChI is InChI=1S/C25H22O4S/c1-30(26,27)21-11-8-17(9-12-21)25-22(16-20-5-2-3-7-24(20)29-25)18-10-13-23-19(15-18)6-4-14-28-23/h2-3,5,7-13,15H,4,6,14,16H2,1H3. The number of benzene rings is 3. The lowest BCUT2D eigenvalue weighted by Crippen LogP contribution is -2.11. The number of fused-ring (bicyclic) bond motifs is 2. The van der Waals surface area contributed by atoms with E-state index in [1.807, 2.05) is 36.4 Å². The van der Waals surface area contributed by atoms with Crippen LogP contribution in [0.3, 0.4) is 0 Å². The lowest BCUT2D eigenvalue weighted by Gasteiger charge is -2.25. The minimum atomic E-state index is -3.25. The summed E-state index contributed by atoms with van der Waals surface area (Å²) in [6.45, 7) is 0.767. The highest BCUT2D eigenvalue weighted by atomic mass is 32.2. The van der Waals surface area contributed by atoms with Crippen molar-refractivity contribution in [3.8, 4) is 11.5 Å². The maximum Gasteiger partial charge on any atom is 0.175 e. The third-order valence-corrected chi connectivity index (χ3v) is 6.76. The number of sulfone groups is 1. The van der Waals surface area contributed by atoms with Gasteiger partial charge in [-0.25, -0.2) is 8.42 Å². The molecule has 0 saturated heterocycles. The summed E-state index contributed by atoms with van der Waals surface area (Å²) in [5, 5.41) is 0. The second-order valence-corrected chi connectivity index (χ2v) is 9.78. The Bertz CT molecular complexity index is 1250. The summed E-state index contributed by atoms with van der Waals surface area (Å²) >= 11 is 0. The molecule has 0 unspecified atom stereocenters. The van der Waals surface area contributed by atoms with E-state index in [1.165, 1.54) is 11.8 Å². The van der Waals surface area contributed by atoms with E-state index in [0.717, 1.165) is 65.4 Å². The van der Waals surface area contributed by atoms with E-state index >= 15 is 0 Å². The molecule has 0 fully saturated rings. The first-order valence-electron chi connectivity index (χ1n) is 10.0. The highest BCUT2D eigenvalue weighted by molar-refractivity contribution is 7.90. The number of hydrogen-bond acceptors (Lipinski definition) is 4. The molecule has 3 aromatic rings. The molecular formula is C25H22O4S. The van der Waals surface area contributed by atoms with Crippen molar-refractivity contribution < 1.29 is 17.9 Å². The maximum absolute atomic E-state index is 11.9. The number of hydrogen-bond donors (Lipinski definition) is 0. The molecule has 0 aromatic heterocycles. The third kappa shape index (κ3) is 3.50. The predicted octanol–water partition coefficient (Wildman–Crippen LogP) is 4.92. The average Bonchev–Trinajstić information content (AvgIpc) is 2.77. The third-order valence-electron chi connectivity index (χ3n) is 5.63. The molecule has 2 heterocycles. The quantitative estimate of drug-likeness (QED) is 0.606. The van der Waals surface area contributed by atoms with Gasteiger partial charge in [-0.1, -0.05) is 24.3 Å². The molecule has 30 heavy (non-hydrogen) atoms. The van der Waals surface area contributed by atoms with Gasteiger partial charge < -0.3 is 9.47 Å². The zero-order valence-electron chi connectivity index (χ0n) is 16.7. The van der Waals surface area contributed by atoms with Gasteiger partial charge in [-0.05, 0) is 72.0 Å². The highest BCUT2D eigenvalue weighted by Crippen LogP contribution is 2.40. The van der Waals surface area contributed by atoms with Gasteiger partial charge in [-0.3, -0.25) is 0 Å². The molecule has 0 radical (unpaired) electrons. The minimum absolute atomic E-state index is 0.301. The van der Waals surface area contributed by atoms with Crippen molar-refractivity contribution in [1.82, 2.24) is 0 Å². The predicted molar refractivity (Wildman–Crippen MR) is 117 cm³/mol. The molecule has 152 valence electrons. The molecule has 0 spiro atoms. The lowest BCUT2D eigenvalue weighted by molar-refractivity contribution is 0.288. The fourth-order valence-corrected chi connectivity index (χ4v) is 4.69. The van der Waals surface area contributed by atoms with Crippen molar-refractivity contribution in [3.05, 3.63) is 89.0 Å². The van der Waals surface area contributed by atoms with Crippen molar-refractivity contribution >= 4 is 21.2 Å². The zero-order valence-corrected chi connectivity index (χ0v) is 17.5. The Labute approximate surface area is 176 Å². The summed E-state index contributed by atoms with van der Waals surface area (Å²) < 4.78 is 35.8. The maximum atomic E-state index is 11.9. The van der Waals surface area contributed by atoms with Crippen molar-refractivity contribution in [2.24, 2.45) is 0 Å². The molecular weight excluding hydrogens is 396 g/mol. The van der Waals surface area contributed by atoms with E-state index in [4.69, 9.17) is 9.47 Å². The number of ether oxygens (including phenoxy) is 2. The minimum Gasteiger partial charge on any atom is -0.493 e. The van der Waals surface area contributed by atoms with Crippen LogP contribution in [0.5, 0.6) is 11.5 Å². The molecule has 4 nitrogen and oxygen atoms in total. The van der Waals surface area contributed by atoms with Gasteiger partial charge in [-0.2, -0.15) is 0 Å². The Hall–Kier alpha value is -3.05. The second-order valence-electron chi connectivity index (χ2n) is 7.77. The fraction of sp³-hybridized carbons (Fsp3) is 0.200. The molecule has 0 bridgehead atoms. The van der Waals surface area contributed by atoms with Crippen LogP contribution in [0.2, 0.25) is 0 Å². The van der Waals surface area contributed by atoms with E-state index in [9.17, 15) is 8.42 Å². The van der Waals surface area contributed by atoms with Crippen LogP contribution in [0, 0.1) is 0 Å². The van der Waals surface area contributed by atoms with Crippen molar-refractivity contribution in [2.75, 3.05) is 12.9 Å². The van der Waals surface area contributed by atoms with Crippen LogP contribution in [0.4, 0.5) is 0 Å². The molecule has 0 saturated carbocycles. The van der Waals surface area contributed by atoms with E-state index < -0.39 is 9.84 Å². The van der Waals surface area contributed by atoms with Crippen LogP contribution in [-0.4, -0.2) is 21.3 Å². The molecule has 3 aromatic carbocycles. The first-order valence-corrected chi connectivity index (χ1v) is 11.9. The Morgan fingerprint density at radius 3 is 2.40 bits per heavy atom. The Morgan fingerprint density at radius 1 is 0.833 bits per heavy atom. The molecule has 0 atom stereocenters. The van der Waals surface area contributed by atoms with Gasteiger partial charge in [0.2, 0.25) is 0 Å². The Balaban J connectivity index is 1.64. The van der Waals surface area contributed by atoms with Crippen LogP contribution >= 0.6 is 0 Å².